The van der Waals surface area contributed by atoms with Gasteiger partial charge in [0.2, 0.25) is 0 Å². The molecule has 8 heteroatoms. The van der Waals surface area contributed by atoms with E-state index in [9.17, 15) is 9.59 Å². The summed E-state index contributed by atoms with van der Waals surface area (Å²) in [5.41, 5.74) is 5.17. The summed E-state index contributed by atoms with van der Waals surface area (Å²) >= 11 is 0. The van der Waals surface area contributed by atoms with E-state index in [2.05, 4.69) is 53.8 Å². The molecule has 0 unspecified atom stereocenters. The van der Waals surface area contributed by atoms with Crippen molar-refractivity contribution in [1.29, 1.82) is 0 Å². The molecule has 0 spiro atoms. The number of likely N-dealkylation sites (N-methyl/N-ethyl adjacent to an activating group) is 1. The highest BCUT2D eigenvalue weighted by molar-refractivity contribution is 6.09. The zero-order valence-electron chi connectivity index (χ0n) is 24.8. The van der Waals surface area contributed by atoms with Crippen LogP contribution >= 0.6 is 0 Å². The third kappa shape index (κ3) is 6.89. The van der Waals surface area contributed by atoms with Crippen LogP contribution in [0.25, 0.3) is 22.0 Å². The highest BCUT2D eigenvalue weighted by atomic mass is 16.5. The number of nitrogens with one attached hydrogen (secondary N) is 3. The van der Waals surface area contributed by atoms with Crippen LogP contribution in [0.4, 0.5) is 16.2 Å². The van der Waals surface area contributed by atoms with Crippen molar-refractivity contribution in [2.24, 2.45) is 0 Å². The van der Waals surface area contributed by atoms with Gasteiger partial charge in [-0.15, -0.1) is 0 Å². The average Bonchev–Trinajstić information content (AvgIpc) is 3.49. The normalized spacial score (nSPS) is 13.6. The minimum absolute atomic E-state index is 0.140. The average molecular weight is 566 g/mol. The number of likely N-dealkylation sites (tertiary alicyclic amines) is 1. The third-order valence-electron chi connectivity index (χ3n) is 7.61. The van der Waals surface area contributed by atoms with Crippen molar-refractivity contribution in [2.45, 2.75) is 45.6 Å². The summed E-state index contributed by atoms with van der Waals surface area (Å²) in [7, 11) is 1.55. The standard InChI is InChI=1S/C34H39N5O3/c1-34(2,3)24-12-16-31(42-22-32(40)35-4)30(19-24)38-33(41)37-29-15-13-27(25-9-5-6-10-26(25)29)28-14-11-23(20-36-28)21-39-17-7-8-18-39/h5-6,9-16,19-20H,7-8,17-18,21-22H2,1-4H3,(H,35,40)(H2,37,38,41). The summed E-state index contributed by atoms with van der Waals surface area (Å²) in [5, 5.41) is 10.4. The van der Waals surface area contributed by atoms with Gasteiger partial charge in [0.25, 0.3) is 5.91 Å². The lowest BCUT2D eigenvalue weighted by atomic mass is 9.87. The second-order valence-electron chi connectivity index (χ2n) is 11.7. The molecule has 4 aromatic rings. The van der Waals surface area contributed by atoms with Crippen LogP contribution in [0, 0.1) is 0 Å². The van der Waals surface area contributed by atoms with E-state index in [0.717, 1.165) is 47.2 Å². The molecule has 0 saturated carbocycles. The number of rotatable bonds is 8. The summed E-state index contributed by atoms with van der Waals surface area (Å²) < 4.78 is 5.72. The Labute approximate surface area is 247 Å². The minimum atomic E-state index is -0.409. The summed E-state index contributed by atoms with van der Waals surface area (Å²) in [4.78, 5) is 32.3. The number of hydrogen-bond donors (Lipinski definition) is 3. The van der Waals surface area contributed by atoms with Gasteiger partial charge in [-0.1, -0.05) is 63.2 Å². The van der Waals surface area contributed by atoms with Crippen molar-refractivity contribution < 1.29 is 14.3 Å². The van der Waals surface area contributed by atoms with E-state index in [1.807, 2.05) is 54.7 Å². The van der Waals surface area contributed by atoms with Crippen LogP contribution < -0.4 is 20.7 Å². The highest BCUT2D eigenvalue weighted by Crippen LogP contribution is 2.34. The fourth-order valence-corrected chi connectivity index (χ4v) is 5.22. The lowest BCUT2D eigenvalue weighted by Gasteiger charge is -2.22. The second-order valence-corrected chi connectivity index (χ2v) is 11.7. The zero-order chi connectivity index (χ0) is 29.7. The smallest absolute Gasteiger partial charge is 0.323 e. The van der Waals surface area contributed by atoms with E-state index in [0.29, 0.717) is 17.1 Å². The summed E-state index contributed by atoms with van der Waals surface area (Å²) in [6, 6.07) is 21.3. The Morgan fingerprint density at radius 3 is 2.33 bits per heavy atom. The number of aromatic nitrogens is 1. The van der Waals surface area contributed by atoms with Gasteiger partial charge >= 0.3 is 6.03 Å². The van der Waals surface area contributed by atoms with Crippen LogP contribution in [0.5, 0.6) is 5.75 Å². The first-order valence-corrected chi connectivity index (χ1v) is 14.5. The molecule has 5 rings (SSSR count). The van der Waals surface area contributed by atoms with Gasteiger partial charge < -0.3 is 20.7 Å². The number of urea groups is 1. The Balaban J connectivity index is 1.37. The van der Waals surface area contributed by atoms with Gasteiger partial charge in [-0.2, -0.15) is 0 Å². The Morgan fingerprint density at radius 2 is 1.64 bits per heavy atom. The van der Waals surface area contributed by atoms with Crippen LogP contribution in [-0.4, -0.2) is 48.6 Å². The van der Waals surface area contributed by atoms with E-state index in [1.165, 1.54) is 18.4 Å². The third-order valence-corrected chi connectivity index (χ3v) is 7.61. The van der Waals surface area contributed by atoms with Gasteiger partial charge in [-0.25, -0.2) is 4.79 Å². The number of ether oxygens (including phenoxy) is 1. The van der Waals surface area contributed by atoms with Crippen LogP contribution in [-0.2, 0) is 16.8 Å². The molecule has 3 amide bonds. The first-order valence-electron chi connectivity index (χ1n) is 14.5. The fraction of sp³-hybridized carbons (Fsp3) is 0.324. The van der Waals surface area contributed by atoms with Crippen molar-refractivity contribution >= 4 is 34.1 Å². The second kappa shape index (κ2) is 12.6. The van der Waals surface area contributed by atoms with E-state index in [1.54, 1.807) is 13.1 Å². The molecular formula is C34H39N5O3. The van der Waals surface area contributed by atoms with Crippen molar-refractivity contribution in [3.63, 3.8) is 0 Å². The van der Waals surface area contributed by atoms with E-state index in [-0.39, 0.29) is 17.9 Å². The highest BCUT2D eigenvalue weighted by Gasteiger charge is 2.19. The van der Waals surface area contributed by atoms with Crippen molar-refractivity contribution in [3.8, 4) is 17.0 Å². The minimum Gasteiger partial charge on any atom is -0.482 e. The number of anilines is 2. The number of amides is 3. The lowest BCUT2D eigenvalue weighted by molar-refractivity contribution is -0.122. The Hall–Kier alpha value is -4.43. The summed E-state index contributed by atoms with van der Waals surface area (Å²) in [5.74, 6) is 0.161. The first kappa shape index (κ1) is 29.1. The molecule has 3 aromatic carbocycles. The molecule has 1 aliphatic rings. The molecule has 1 aromatic heterocycles. The summed E-state index contributed by atoms with van der Waals surface area (Å²) in [6.45, 7) is 9.38. The van der Waals surface area contributed by atoms with Crippen molar-refractivity contribution in [1.82, 2.24) is 15.2 Å². The molecule has 0 bridgehead atoms. The molecule has 218 valence electrons. The Kier molecular flexibility index (Phi) is 8.73. The fourth-order valence-electron chi connectivity index (χ4n) is 5.22. The number of nitrogens with zero attached hydrogens (tertiary/aromatic N) is 2. The molecule has 42 heavy (non-hydrogen) atoms. The molecule has 8 nitrogen and oxygen atoms in total. The van der Waals surface area contributed by atoms with E-state index < -0.39 is 6.03 Å². The molecule has 0 atom stereocenters. The van der Waals surface area contributed by atoms with Crippen LogP contribution in [0.2, 0.25) is 0 Å². The number of pyridine rings is 1. The zero-order valence-corrected chi connectivity index (χ0v) is 24.8. The van der Waals surface area contributed by atoms with Crippen molar-refractivity contribution in [2.75, 3.05) is 37.4 Å². The van der Waals surface area contributed by atoms with Crippen LogP contribution in [0.1, 0.15) is 44.7 Å². The maximum atomic E-state index is 13.3. The predicted molar refractivity (Wildman–Crippen MR) is 169 cm³/mol. The monoisotopic (exact) mass is 565 g/mol. The van der Waals surface area contributed by atoms with Gasteiger partial charge in [-0.3, -0.25) is 14.7 Å². The number of carbonyl (C=O) groups is 2. The van der Waals surface area contributed by atoms with Gasteiger partial charge in [0.05, 0.1) is 17.1 Å². The van der Waals surface area contributed by atoms with Gasteiger partial charge in [-0.05, 0) is 72.1 Å². The van der Waals surface area contributed by atoms with Gasteiger partial charge in [0.1, 0.15) is 5.75 Å². The van der Waals surface area contributed by atoms with Crippen LogP contribution in [0.15, 0.2) is 72.9 Å². The quantitative estimate of drug-likeness (QED) is 0.225. The lowest BCUT2D eigenvalue weighted by Crippen LogP contribution is -2.26. The van der Waals surface area contributed by atoms with Crippen LogP contribution in [0.3, 0.4) is 0 Å². The predicted octanol–water partition coefficient (Wildman–Crippen LogP) is 6.56. The number of fused-ring (bicyclic) bond motifs is 1. The Bertz CT molecular complexity index is 1570. The molecule has 1 aliphatic heterocycles. The molecule has 0 radical (unpaired) electrons. The SMILES string of the molecule is CNC(=O)COc1ccc(C(C)(C)C)cc1NC(=O)Nc1ccc(-c2ccc(CN3CCCC3)cn2)c2ccccc12. The van der Waals surface area contributed by atoms with E-state index in [4.69, 9.17) is 9.72 Å². The number of carbonyl (C=O) groups excluding carboxylic acids is 2. The van der Waals surface area contributed by atoms with E-state index >= 15 is 0 Å². The molecule has 2 heterocycles. The van der Waals surface area contributed by atoms with Gasteiger partial charge in [0, 0.05) is 30.7 Å². The Morgan fingerprint density at radius 1 is 0.905 bits per heavy atom. The molecule has 1 saturated heterocycles. The molecule has 3 N–H and O–H groups in total. The summed E-state index contributed by atoms with van der Waals surface area (Å²) in [6.07, 6.45) is 4.51. The maximum absolute atomic E-state index is 13.3. The largest absolute Gasteiger partial charge is 0.482 e. The number of hydrogen-bond acceptors (Lipinski definition) is 5. The molecular weight excluding hydrogens is 526 g/mol. The first-order chi connectivity index (χ1) is 20.2. The maximum Gasteiger partial charge on any atom is 0.323 e. The van der Waals surface area contributed by atoms with Crippen molar-refractivity contribution in [3.05, 3.63) is 84.1 Å². The number of benzene rings is 3. The van der Waals surface area contributed by atoms with Gasteiger partial charge in [0.15, 0.2) is 6.61 Å². The molecule has 1 fully saturated rings. The topological polar surface area (TPSA) is 95.6 Å². The molecule has 0 aliphatic carbocycles.